The Kier molecular flexibility index (Phi) is 10.3. The van der Waals surface area contributed by atoms with E-state index in [-0.39, 0.29) is 12.5 Å². The Bertz CT molecular complexity index is 1090. The van der Waals surface area contributed by atoms with Crippen molar-refractivity contribution in [2.45, 2.75) is 25.4 Å². The summed E-state index contributed by atoms with van der Waals surface area (Å²) in [5, 5.41) is 13.8. The van der Waals surface area contributed by atoms with Gasteiger partial charge in [-0.2, -0.15) is 0 Å². The lowest BCUT2D eigenvalue weighted by Gasteiger charge is -2.20. The summed E-state index contributed by atoms with van der Waals surface area (Å²) in [5.74, 6) is 3.73. The molecule has 7 heteroatoms. The number of aliphatic hydroxyl groups is 1. The van der Waals surface area contributed by atoms with E-state index in [4.69, 9.17) is 23.7 Å². The summed E-state index contributed by atoms with van der Waals surface area (Å²) in [5.41, 5.74) is 3.29. The minimum atomic E-state index is -0.661. The second kappa shape index (κ2) is 13.6. The largest absolute Gasteiger partial charge is 0.497 e. The number of benzene rings is 3. The number of aliphatic hydroxyl groups excluding tert-OH is 1. The first-order valence-electron chi connectivity index (χ1n) is 12.0. The fraction of sp³-hybridized carbons (Fsp3) is 0.379. The van der Waals surface area contributed by atoms with Gasteiger partial charge >= 0.3 is 0 Å². The van der Waals surface area contributed by atoms with E-state index in [1.165, 1.54) is 0 Å². The van der Waals surface area contributed by atoms with Gasteiger partial charge < -0.3 is 34.1 Å². The van der Waals surface area contributed by atoms with Crippen LogP contribution in [0.5, 0.6) is 28.7 Å². The highest BCUT2D eigenvalue weighted by Gasteiger charge is 2.16. The van der Waals surface area contributed by atoms with Crippen LogP contribution < -0.4 is 29.0 Å². The molecule has 0 aliphatic heterocycles. The summed E-state index contributed by atoms with van der Waals surface area (Å²) < 4.78 is 27.4. The lowest BCUT2D eigenvalue weighted by molar-refractivity contribution is 0.106. The van der Waals surface area contributed by atoms with Gasteiger partial charge in [0.05, 0.1) is 28.4 Å². The Hall–Kier alpha value is -3.42. The molecule has 0 heterocycles. The number of methoxy groups -OCH3 is 4. The lowest BCUT2D eigenvalue weighted by Crippen LogP contribution is -2.32. The molecule has 0 spiro atoms. The predicted octanol–water partition coefficient (Wildman–Crippen LogP) is 4.44. The third-order valence-corrected chi connectivity index (χ3v) is 6.15. The lowest BCUT2D eigenvalue weighted by atomic mass is 9.92. The van der Waals surface area contributed by atoms with Crippen LogP contribution >= 0.6 is 0 Å². The van der Waals surface area contributed by atoms with E-state index in [0.717, 1.165) is 28.9 Å². The summed E-state index contributed by atoms with van der Waals surface area (Å²) in [7, 11) is 6.53. The zero-order valence-corrected chi connectivity index (χ0v) is 21.7. The summed E-state index contributed by atoms with van der Waals surface area (Å²) in [4.78, 5) is 0. The Balaban J connectivity index is 1.55. The van der Waals surface area contributed by atoms with Crippen molar-refractivity contribution in [1.29, 1.82) is 0 Å². The first-order valence-corrected chi connectivity index (χ1v) is 12.0. The summed E-state index contributed by atoms with van der Waals surface area (Å²) in [6.07, 6.45) is 0.138. The molecule has 7 nitrogen and oxygen atoms in total. The molecule has 36 heavy (non-hydrogen) atoms. The van der Waals surface area contributed by atoms with Crippen LogP contribution in [0.15, 0.2) is 60.7 Å². The molecule has 0 aliphatic carbocycles. The average Bonchev–Trinajstić information content (AvgIpc) is 2.93. The van der Waals surface area contributed by atoms with Crippen molar-refractivity contribution in [1.82, 2.24) is 5.32 Å². The zero-order chi connectivity index (χ0) is 25.9. The van der Waals surface area contributed by atoms with Crippen molar-refractivity contribution >= 4 is 0 Å². The van der Waals surface area contributed by atoms with E-state index < -0.39 is 6.10 Å². The maximum atomic E-state index is 10.5. The van der Waals surface area contributed by atoms with Gasteiger partial charge in [-0.1, -0.05) is 31.2 Å². The van der Waals surface area contributed by atoms with E-state index in [1.807, 2.05) is 48.5 Å². The molecule has 0 saturated carbocycles. The molecule has 0 fully saturated rings. The molecule has 0 aliphatic rings. The van der Waals surface area contributed by atoms with Crippen molar-refractivity contribution in [3.8, 4) is 28.7 Å². The van der Waals surface area contributed by atoms with Gasteiger partial charge in [0, 0.05) is 24.1 Å². The number of nitrogens with one attached hydrogen (secondary N) is 1. The summed E-state index contributed by atoms with van der Waals surface area (Å²) >= 11 is 0. The van der Waals surface area contributed by atoms with Crippen molar-refractivity contribution in [3.63, 3.8) is 0 Å². The van der Waals surface area contributed by atoms with Crippen molar-refractivity contribution < 1.29 is 28.8 Å². The Labute approximate surface area is 213 Å². The van der Waals surface area contributed by atoms with E-state index in [0.29, 0.717) is 36.1 Å². The highest BCUT2D eigenvalue weighted by molar-refractivity contribution is 5.47. The van der Waals surface area contributed by atoms with Gasteiger partial charge in [-0.05, 0) is 54.4 Å². The molecule has 0 saturated heterocycles. The zero-order valence-electron chi connectivity index (χ0n) is 21.7. The Morgan fingerprint density at radius 1 is 0.750 bits per heavy atom. The highest BCUT2D eigenvalue weighted by Crippen LogP contribution is 2.35. The molecule has 2 atom stereocenters. The maximum absolute atomic E-state index is 10.5. The fourth-order valence-electron chi connectivity index (χ4n) is 3.98. The quantitative estimate of drug-likeness (QED) is 0.320. The van der Waals surface area contributed by atoms with Crippen LogP contribution in [0.3, 0.4) is 0 Å². The van der Waals surface area contributed by atoms with Crippen LogP contribution in [0, 0.1) is 0 Å². The Morgan fingerprint density at radius 2 is 1.44 bits per heavy atom. The second-order valence-corrected chi connectivity index (χ2v) is 8.51. The van der Waals surface area contributed by atoms with Crippen LogP contribution in [-0.2, 0) is 6.42 Å². The molecule has 194 valence electrons. The van der Waals surface area contributed by atoms with E-state index >= 15 is 0 Å². The molecule has 2 unspecified atom stereocenters. The minimum Gasteiger partial charge on any atom is -0.497 e. The van der Waals surface area contributed by atoms with Gasteiger partial charge in [0.25, 0.3) is 0 Å². The molecule has 3 aromatic rings. The fourth-order valence-corrected chi connectivity index (χ4v) is 3.98. The third kappa shape index (κ3) is 7.29. The van der Waals surface area contributed by atoms with Gasteiger partial charge in [-0.3, -0.25) is 0 Å². The number of hydrogen-bond donors (Lipinski definition) is 2. The Morgan fingerprint density at radius 3 is 2.11 bits per heavy atom. The van der Waals surface area contributed by atoms with Crippen LogP contribution in [0.25, 0.3) is 0 Å². The smallest absolute Gasteiger partial charge is 0.160 e. The van der Waals surface area contributed by atoms with E-state index in [9.17, 15) is 5.11 Å². The molecule has 3 rings (SSSR count). The van der Waals surface area contributed by atoms with Crippen molar-refractivity contribution in [2.75, 3.05) is 48.1 Å². The summed E-state index contributed by atoms with van der Waals surface area (Å²) in [6, 6.07) is 19.7. The van der Waals surface area contributed by atoms with Crippen LogP contribution in [0.1, 0.15) is 29.5 Å². The van der Waals surface area contributed by atoms with Crippen molar-refractivity contribution in [3.05, 3.63) is 77.4 Å². The summed E-state index contributed by atoms with van der Waals surface area (Å²) in [6.45, 7) is 3.42. The maximum Gasteiger partial charge on any atom is 0.160 e. The van der Waals surface area contributed by atoms with Gasteiger partial charge in [0.1, 0.15) is 30.0 Å². The van der Waals surface area contributed by atoms with E-state index in [1.54, 1.807) is 28.4 Å². The minimum absolute atomic E-state index is 0.0913. The molecule has 3 aromatic carbocycles. The van der Waals surface area contributed by atoms with Gasteiger partial charge in [0.2, 0.25) is 0 Å². The van der Waals surface area contributed by atoms with Gasteiger partial charge in [-0.15, -0.1) is 0 Å². The highest BCUT2D eigenvalue weighted by atomic mass is 16.5. The number of ether oxygens (including phenoxy) is 5. The SMILES string of the molecule is COc1ccc(C(C)c2ccc(OC)cc2OCC(O)CNCCc2ccc(OC)c(OC)c2)cc1. The molecule has 0 bridgehead atoms. The third-order valence-electron chi connectivity index (χ3n) is 6.15. The van der Waals surface area contributed by atoms with Crippen LogP contribution in [0.2, 0.25) is 0 Å². The van der Waals surface area contributed by atoms with Crippen LogP contribution in [0.4, 0.5) is 0 Å². The predicted molar refractivity (Wildman–Crippen MR) is 141 cm³/mol. The standard InChI is InChI=1S/C29H37NO6/c1-20(22-7-9-24(32-2)10-8-22)26-12-11-25(33-3)17-28(26)36-19-23(31)18-30-15-14-21-6-13-27(34-4)29(16-21)35-5/h6-13,16-17,20,23,30-31H,14-15,18-19H2,1-5H3. The van der Waals surface area contributed by atoms with E-state index in [2.05, 4.69) is 24.4 Å². The molecule has 0 radical (unpaired) electrons. The number of rotatable bonds is 14. The number of hydrogen-bond acceptors (Lipinski definition) is 7. The molecular weight excluding hydrogens is 458 g/mol. The van der Waals surface area contributed by atoms with Gasteiger partial charge in [-0.25, -0.2) is 0 Å². The monoisotopic (exact) mass is 495 g/mol. The molecular formula is C29H37NO6. The second-order valence-electron chi connectivity index (χ2n) is 8.51. The van der Waals surface area contributed by atoms with Gasteiger partial charge in [0.15, 0.2) is 11.5 Å². The first-order chi connectivity index (χ1) is 17.5. The molecule has 2 N–H and O–H groups in total. The topological polar surface area (TPSA) is 78.4 Å². The normalized spacial score (nSPS) is 12.5. The molecule has 0 amide bonds. The van der Waals surface area contributed by atoms with Crippen molar-refractivity contribution in [2.24, 2.45) is 0 Å². The first kappa shape index (κ1) is 27.2. The van der Waals surface area contributed by atoms with Crippen LogP contribution in [-0.4, -0.2) is 59.3 Å². The molecule has 0 aromatic heterocycles. The average molecular weight is 496 g/mol.